The number of nitrogens with zero attached hydrogens (tertiary/aromatic N) is 1. The zero-order valence-corrected chi connectivity index (χ0v) is 9.64. The average Bonchev–Trinajstić information content (AvgIpc) is 2.72. The van der Waals surface area contributed by atoms with Crippen LogP contribution in [0.15, 0.2) is 6.20 Å². The highest BCUT2D eigenvalue weighted by molar-refractivity contribution is 7.11. The lowest BCUT2D eigenvalue weighted by Gasteiger charge is -2.29. The quantitative estimate of drug-likeness (QED) is 0.838. The smallest absolute Gasteiger partial charge is 0.133 e. The third-order valence-corrected chi connectivity index (χ3v) is 4.27. The summed E-state index contributed by atoms with van der Waals surface area (Å²) in [6.45, 7) is 2.08. The second-order valence-electron chi connectivity index (χ2n) is 4.06. The molecule has 0 aliphatic heterocycles. The average molecular weight is 225 g/mol. The highest BCUT2D eigenvalue weighted by atomic mass is 32.1. The Labute approximate surface area is 93.2 Å². The summed E-state index contributed by atoms with van der Waals surface area (Å²) in [6, 6.07) is 0. The van der Waals surface area contributed by atoms with Crippen LogP contribution in [0.5, 0.6) is 0 Å². The molecule has 82 valence electrons. The Balaban J connectivity index is 2.18. The first kappa shape index (κ1) is 10.8. The number of thiazole rings is 1. The van der Waals surface area contributed by atoms with Crippen LogP contribution in [-0.2, 0) is 16.8 Å². The number of aliphatic hydroxyl groups is 1. The van der Waals surface area contributed by atoms with Crippen molar-refractivity contribution in [2.75, 3.05) is 0 Å². The molecule has 0 amide bonds. The summed E-state index contributed by atoms with van der Waals surface area (Å²) >= 11 is 1.57. The van der Waals surface area contributed by atoms with Gasteiger partial charge >= 0.3 is 0 Å². The van der Waals surface area contributed by atoms with Gasteiger partial charge in [0.25, 0.3) is 0 Å². The van der Waals surface area contributed by atoms with Crippen LogP contribution in [0.1, 0.15) is 42.5 Å². The first-order valence-electron chi connectivity index (χ1n) is 5.33. The van der Waals surface area contributed by atoms with Gasteiger partial charge < -0.3 is 5.11 Å². The van der Waals surface area contributed by atoms with Crippen molar-refractivity contribution in [1.29, 1.82) is 0 Å². The fraction of sp³-hybridized carbons (Fsp3) is 0.636. The molecule has 1 aliphatic rings. The molecule has 1 N–H and O–H groups in total. The predicted octanol–water partition coefficient (Wildman–Crippen LogP) is 2.04. The molecule has 1 aromatic rings. The van der Waals surface area contributed by atoms with Gasteiger partial charge in [-0.1, -0.05) is 6.92 Å². The first-order chi connectivity index (χ1) is 7.14. The standard InChI is InChI=1S/C11H15NO2S/c1-2-9-7-12-10(15-9)11(14)5-3-8(13)4-6-11/h7,14H,2-6H2,1H3. The van der Waals surface area contributed by atoms with Crippen LogP contribution in [-0.4, -0.2) is 15.9 Å². The van der Waals surface area contributed by atoms with Gasteiger partial charge in [0.1, 0.15) is 16.4 Å². The van der Waals surface area contributed by atoms with Gasteiger partial charge in [-0.25, -0.2) is 4.98 Å². The topological polar surface area (TPSA) is 50.2 Å². The van der Waals surface area contributed by atoms with Crippen LogP contribution in [0.2, 0.25) is 0 Å². The van der Waals surface area contributed by atoms with Crippen LogP contribution in [0, 0.1) is 0 Å². The number of carbonyl (C=O) groups excluding carboxylic acids is 1. The molecule has 1 saturated carbocycles. The minimum Gasteiger partial charge on any atom is -0.383 e. The Morgan fingerprint density at radius 3 is 2.73 bits per heavy atom. The van der Waals surface area contributed by atoms with E-state index in [1.165, 1.54) is 4.88 Å². The van der Waals surface area contributed by atoms with E-state index in [1.54, 1.807) is 11.3 Å². The third kappa shape index (κ3) is 2.11. The van der Waals surface area contributed by atoms with Crippen LogP contribution >= 0.6 is 11.3 Å². The van der Waals surface area contributed by atoms with E-state index in [0.29, 0.717) is 25.7 Å². The minimum absolute atomic E-state index is 0.256. The van der Waals surface area contributed by atoms with Crippen LogP contribution in [0.3, 0.4) is 0 Å². The number of hydrogen-bond donors (Lipinski definition) is 1. The molecule has 1 aliphatic carbocycles. The number of Topliss-reactive ketones (excluding diaryl/α,β-unsaturated/α-hetero) is 1. The molecule has 0 radical (unpaired) electrons. The van der Waals surface area contributed by atoms with Gasteiger partial charge in [-0.05, 0) is 19.3 Å². The molecule has 1 fully saturated rings. The summed E-state index contributed by atoms with van der Waals surface area (Å²) < 4.78 is 0. The summed E-state index contributed by atoms with van der Waals surface area (Å²) in [5.41, 5.74) is -0.841. The summed E-state index contributed by atoms with van der Waals surface area (Å²) in [5.74, 6) is 0.256. The molecule has 0 unspecified atom stereocenters. The molecule has 15 heavy (non-hydrogen) atoms. The molecular formula is C11H15NO2S. The first-order valence-corrected chi connectivity index (χ1v) is 6.15. The van der Waals surface area contributed by atoms with E-state index >= 15 is 0 Å². The van der Waals surface area contributed by atoms with E-state index in [1.807, 2.05) is 6.20 Å². The van der Waals surface area contributed by atoms with Gasteiger partial charge in [0.2, 0.25) is 0 Å². The van der Waals surface area contributed by atoms with E-state index in [9.17, 15) is 9.90 Å². The molecule has 3 nitrogen and oxygen atoms in total. The van der Waals surface area contributed by atoms with Crippen molar-refractivity contribution in [2.24, 2.45) is 0 Å². The van der Waals surface area contributed by atoms with Crippen LogP contribution in [0.25, 0.3) is 0 Å². The van der Waals surface area contributed by atoms with E-state index < -0.39 is 5.60 Å². The highest BCUT2D eigenvalue weighted by Gasteiger charge is 2.36. The number of ketones is 1. The normalized spacial score (nSPS) is 20.5. The van der Waals surface area contributed by atoms with E-state index in [2.05, 4.69) is 11.9 Å². The molecule has 2 rings (SSSR count). The van der Waals surface area contributed by atoms with Gasteiger partial charge in [0.05, 0.1) is 0 Å². The Hall–Kier alpha value is -0.740. The van der Waals surface area contributed by atoms with Gasteiger partial charge in [0, 0.05) is 23.9 Å². The van der Waals surface area contributed by atoms with E-state index in [-0.39, 0.29) is 5.78 Å². The van der Waals surface area contributed by atoms with Gasteiger partial charge in [0.15, 0.2) is 0 Å². The number of aryl methyl sites for hydroxylation is 1. The molecule has 4 heteroatoms. The molecular weight excluding hydrogens is 210 g/mol. The van der Waals surface area contributed by atoms with Crippen molar-refractivity contribution in [3.8, 4) is 0 Å². The Kier molecular flexibility index (Phi) is 2.89. The number of aromatic nitrogens is 1. The third-order valence-electron chi connectivity index (χ3n) is 2.93. The maximum Gasteiger partial charge on any atom is 0.133 e. The Morgan fingerprint density at radius 1 is 1.53 bits per heavy atom. The molecule has 1 heterocycles. The predicted molar refractivity (Wildman–Crippen MR) is 58.9 cm³/mol. The fourth-order valence-corrected chi connectivity index (χ4v) is 2.84. The SMILES string of the molecule is CCc1cnc(C2(O)CCC(=O)CC2)s1. The lowest BCUT2D eigenvalue weighted by atomic mass is 9.85. The number of carbonyl (C=O) groups is 1. The van der Waals surface area contributed by atoms with Crippen molar-refractivity contribution in [3.63, 3.8) is 0 Å². The summed E-state index contributed by atoms with van der Waals surface area (Å²) in [7, 11) is 0. The van der Waals surface area contributed by atoms with Gasteiger partial charge in [-0.2, -0.15) is 0 Å². The second kappa shape index (κ2) is 4.02. The Morgan fingerprint density at radius 2 is 2.20 bits per heavy atom. The van der Waals surface area contributed by atoms with Crippen LogP contribution in [0.4, 0.5) is 0 Å². The molecule has 0 bridgehead atoms. The van der Waals surface area contributed by atoms with E-state index in [4.69, 9.17) is 0 Å². The van der Waals surface area contributed by atoms with Gasteiger partial charge in [-0.15, -0.1) is 11.3 Å². The number of rotatable bonds is 2. The zero-order valence-electron chi connectivity index (χ0n) is 8.82. The second-order valence-corrected chi connectivity index (χ2v) is 5.17. The molecule has 0 spiro atoms. The minimum atomic E-state index is -0.841. The number of hydrogen-bond acceptors (Lipinski definition) is 4. The Bertz CT molecular complexity index is 362. The highest BCUT2D eigenvalue weighted by Crippen LogP contribution is 2.37. The largest absolute Gasteiger partial charge is 0.383 e. The van der Waals surface area contributed by atoms with Crippen LogP contribution < -0.4 is 0 Å². The fourth-order valence-electron chi connectivity index (χ4n) is 1.84. The molecule has 0 saturated heterocycles. The molecule has 0 aromatic carbocycles. The maximum atomic E-state index is 11.1. The summed E-state index contributed by atoms with van der Waals surface area (Å²) in [5, 5.41) is 11.1. The van der Waals surface area contributed by atoms with Crippen molar-refractivity contribution in [1.82, 2.24) is 4.98 Å². The van der Waals surface area contributed by atoms with Gasteiger partial charge in [-0.3, -0.25) is 4.79 Å². The maximum absolute atomic E-state index is 11.1. The monoisotopic (exact) mass is 225 g/mol. The lowest BCUT2D eigenvalue weighted by molar-refractivity contribution is -0.125. The van der Waals surface area contributed by atoms with Crippen molar-refractivity contribution >= 4 is 17.1 Å². The van der Waals surface area contributed by atoms with Crippen molar-refractivity contribution in [3.05, 3.63) is 16.1 Å². The lowest BCUT2D eigenvalue weighted by Crippen LogP contribution is -2.31. The summed E-state index contributed by atoms with van der Waals surface area (Å²) in [4.78, 5) is 16.6. The van der Waals surface area contributed by atoms with E-state index in [0.717, 1.165) is 11.4 Å². The zero-order chi connectivity index (χ0) is 10.9. The molecule has 0 atom stereocenters. The molecule has 1 aromatic heterocycles. The summed E-state index contributed by atoms with van der Waals surface area (Å²) in [6.07, 6.45) is 4.81. The van der Waals surface area contributed by atoms with Crippen molar-refractivity contribution in [2.45, 2.75) is 44.6 Å². The van der Waals surface area contributed by atoms with Crippen molar-refractivity contribution < 1.29 is 9.90 Å².